The first-order valence-electron chi connectivity index (χ1n) is 8.67. The molecule has 0 saturated carbocycles. The molecule has 0 aromatic heterocycles. The second-order valence-electron chi connectivity index (χ2n) is 6.31. The van der Waals surface area contributed by atoms with E-state index in [4.69, 9.17) is 16.3 Å². The van der Waals surface area contributed by atoms with Crippen molar-refractivity contribution in [2.45, 2.75) is 13.3 Å². The summed E-state index contributed by atoms with van der Waals surface area (Å²) in [4.78, 5) is 37.5. The van der Waals surface area contributed by atoms with Crippen LogP contribution < -0.4 is 10.1 Å². The lowest BCUT2D eigenvalue weighted by Gasteiger charge is -2.15. The molecular weight excluding hydrogens is 380 g/mol. The number of ether oxygens (including phenoxy) is 1. The predicted octanol–water partition coefficient (Wildman–Crippen LogP) is 3.22. The number of rotatable bonds is 6. The largest absolute Gasteiger partial charge is 0.497 e. The van der Waals surface area contributed by atoms with Crippen molar-refractivity contribution in [2.24, 2.45) is 0 Å². The lowest BCUT2D eigenvalue weighted by atomic mass is 10.1. The topological polar surface area (TPSA) is 75.7 Å². The quantitative estimate of drug-likeness (QED) is 0.758. The fraction of sp³-hybridized carbons (Fsp3) is 0.190. The smallest absolute Gasteiger partial charge is 0.273 e. The molecule has 1 aliphatic heterocycles. The Balaban J connectivity index is 1.73. The van der Waals surface area contributed by atoms with Crippen molar-refractivity contribution in [3.05, 3.63) is 64.7 Å². The third-order valence-corrected chi connectivity index (χ3v) is 4.74. The van der Waals surface area contributed by atoms with Crippen molar-refractivity contribution in [2.75, 3.05) is 19.0 Å². The minimum atomic E-state index is -0.499. The van der Waals surface area contributed by atoms with Crippen LogP contribution in [0.3, 0.4) is 0 Å². The van der Waals surface area contributed by atoms with Crippen LogP contribution in [0.5, 0.6) is 5.75 Å². The maximum atomic E-state index is 12.8. The summed E-state index contributed by atoms with van der Waals surface area (Å²) in [6.45, 7) is 1.64. The Bertz CT molecular complexity index is 949. The van der Waals surface area contributed by atoms with E-state index in [0.29, 0.717) is 17.7 Å². The van der Waals surface area contributed by atoms with Crippen LogP contribution in [0.2, 0.25) is 0 Å². The van der Waals surface area contributed by atoms with E-state index >= 15 is 0 Å². The third-order valence-electron chi connectivity index (χ3n) is 4.39. The van der Waals surface area contributed by atoms with Gasteiger partial charge in [-0.3, -0.25) is 19.3 Å². The van der Waals surface area contributed by atoms with Gasteiger partial charge in [-0.05, 0) is 41.8 Å². The first-order chi connectivity index (χ1) is 13.4. The summed E-state index contributed by atoms with van der Waals surface area (Å²) in [6, 6.07) is 14.1. The van der Waals surface area contributed by atoms with E-state index in [9.17, 15) is 14.4 Å². The second-order valence-corrected chi connectivity index (χ2v) is 6.69. The standard InChI is InChI=1S/C21H19ClN2O4/c1-13(25)23-16-7-5-15(6-8-16)18-19(22)21(27)24(20(18)26)12-11-14-3-9-17(28-2)10-4-14/h3-10H,11-12H2,1-2H3,(H,23,25). The highest BCUT2D eigenvalue weighted by Crippen LogP contribution is 2.32. The molecule has 0 bridgehead atoms. The number of amides is 3. The Morgan fingerprint density at radius 1 is 1.04 bits per heavy atom. The van der Waals surface area contributed by atoms with Crippen molar-refractivity contribution >= 4 is 40.6 Å². The van der Waals surface area contributed by atoms with Gasteiger partial charge < -0.3 is 10.1 Å². The molecule has 1 N–H and O–H groups in total. The van der Waals surface area contributed by atoms with Crippen LogP contribution >= 0.6 is 11.6 Å². The van der Waals surface area contributed by atoms with Gasteiger partial charge >= 0.3 is 0 Å². The number of nitrogens with zero attached hydrogens (tertiary/aromatic N) is 1. The van der Waals surface area contributed by atoms with Crippen LogP contribution in [-0.4, -0.2) is 36.3 Å². The van der Waals surface area contributed by atoms with E-state index in [1.165, 1.54) is 6.92 Å². The number of halogens is 1. The SMILES string of the molecule is COc1ccc(CCN2C(=O)C(Cl)=C(c3ccc(NC(C)=O)cc3)C2=O)cc1. The number of methoxy groups -OCH3 is 1. The lowest BCUT2D eigenvalue weighted by molar-refractivity contribution is -0.136. The maximum Gasteiger partial charge on any atom is 0.273 e. The monoisotopic (exact) mass is 398 g/mol. The summed E-state index contributed by atoms with van der Waals surface area (Å²) in [5.74, 6) is -0.370. The number of benzene rings is 2. The molecule has 0 aliphatic carbocycles. The molecule has 144 valence electrons. The van der Waals surface area contributed by atoms with Crippen LogP contribution in [0.1, 0.15) is 18.1 Å². The molecule has 1 heterocycles. The van der Waals surface area contributed by atoms with Gasteiger partial charge in [-0.15, -0.1) is 0 Å². The number of carbonyl (C=O) groups excluding carboxylic acids is 3. The molecule has 0 fully saturated rings. The lowest BCUT2D eigenvalue weighted by Crippen LogP contribution is -2.33. The molecule has 0 unspecified atom stereocenters. The molecule has 0 atom stereocenters. The number of carbonyl (C=O) groups is 3. The van der Waals surface area contributed by atoms with Gasteiger partial charge in [-0.2, -0.15) is 0 Å². The van der Waals surface area contributed by atoms with E-state index in [2.05, 4.69) is 5.32 Å². The number of hydrogen-bond donors (Lipinski definition) is 1. The summed E-state index contributed by atoms with van der Waals surface area (Å²) < 4.78 is 5.12. The van der Waals surface area contributed by atoms with Crippen molar-refractivity contribution < 1.29 is 19.1 Å². The van der Waals surface area contributed by atoms with Gasteiger partial charge in [-0.1, -0.05) is 35.9 Å². The molecule has 0 radical (unpaired) electrons. The molecule has 6 nitrogen and oxygen atoms in total. The zero-order valence-corrected chi connectivity index (χ0v) is 16.2. The third kappa shape index (κ3) is 4.07. The van der Waals surface area contributed by atoms with Gasteiger partial charge in [0.2, 0.25) is 5.91 Å². The van der Waals surface area contributed by atoms with Crippen molar-refractivity contribution in [3.8, 4) is 5.75 Å². The fourth-order valence-electron chi connectivity index (χ4n) is 2.96. The molecule has 1 aliphatic rings. The van der Waals surface area contributed by atoms with Crippen LogP contribution in [0.4, 0.5) is 5.69 Å². The van der Waals surface area contributed by atoms with E-state index < -0.39 is 11.8 Å². The normalized spacial score (nSPS) is 13.9. The number of hydrogen-bond acceptors (Lipinski definition) is 4. The fourth-order valence-corrected chi connectivity index (χ4v) is 3.25. The van der Waals surface area contributed by atoms with Gasteiger partial charge in [0.05, 0.1) is 12.7 Å². The average Bonchev–Trinajstić information content (AvgIpc) is 2.90. The minimum Gasteiger partial charge on any atom is -0.497 e. The first-order valence-corrected chi connectivity index (χ1v) is 9.05. The summed E-state index contributed by atoms with van der Waals surface area (Å²) in [6.07, 6.45) is 0.514. The van der Waals surface area contributed by atoms with Gasteiger partial charge in [0.15, 0.2) is 0 Å². The Morgan fingerprint density at radius 3 is 2.25 bits per heavy atom. The molecule has 0 spiro atoms. The molecule has 3 rings (SSSR count). The van der Waals surface area contributed by atoms with E-state index in [-0.39, 0.29) is 23.1 Å². The minimum absolute atomic E-state index is 0.0907. The predicted molar refractivity (Wildman–Crippen MR) is 107 cm³/mol. The number of imide groups is 1. The van der Waals surface area contributed by atoms with Gasteiger partial charge in [0, 0.05) is 19.2 Å². The molecule has 0 saturated heterocycles. The van der Waals surface area contributed by atoms with Crippen molar-refractivity contribution in [1.82, 2.24) is 4.90 Å². The second kappa shape index (κ2) is 8.27. The summed E-state index contributed by atoms with van der Waals surface area (Å²) in [5.41, 5.74) is 2.28. The molecular formula is C21H19ClN2O4. The average molecular weight is 399 g/mol. The van der Waals surface area contributed by atoms with Crippen molar-refractivity contribution in [1.29, 1.82) is 0 Å². The zero-order valence-electron chi connectivity index (χ0n) is 15.5. The Hall–Kier alpha value is -3.12. The Kier molecular flexibility index (Phi) is 5.80. The Labute approximate surface area is 167 Å². The van der Waals surface area contributed by atoms with Gasteiger partial charge in [0.25, 0.3) is 11.8 Å². The molecule has 28 heavy (non-hydrogen) atoms. The van der Waals surface area contributed by atoms with Gasteiger partial charge in [0.1, 0.15) is 10.8 Å². The van der Waals surface area contributed by atoms with E-state index in [1.54, 1.807) is 31.4 Å². The van der Waals surface area contributed by atoms with Crippen molar-refractivity contribution in [3.63, 3.8) is 0 Å². The molecule has 2 aromatic carbocycles. The van der Waals surface area contributed by atoms with Crippen LogP contribution in [-0.2, 0) is 20.8 Å². The number of anilines is 1. The maximum absolute atomic E-state index is 12.8. The highest BCUT2D eigenvalue weighted by molar-refractivity contribution is 6.55. The Morgan fingerprint density at radius 2 is 1.68 bits per heavy atom. The molecule has 7 heteroatoms. The number of nitrogens with one attached hydrogen (secondary N) is 1. The highest BCUT2D eigenvalue weighted by atomic mass is 35.5. The van der Waals surface area contributed by atoms with Crippen LogP contribution in [0.15, 0.2) is 53.6 Å². The summed E-state index contributed by atoms with van der Waals surface area (Å²) in [5, 5.41) is 2.56. The van der Waals surface area contributed by atoms with Crippen LogP contribution in [0, 0.1) is 0 Å². The van der Waals surface area contributed by atoms with E-state index in [1.807, 2.05) is 24.3 Å². The molecule has 3 amide bonds. The van der Waals surface area contributed by atoms with Gasteiger partial charge in [-0.25, -0.2) is 0 Å². The summed E-state index contributed by atoms with van der Waals surface area (Å²) >= 11 is 6.18. The zero-order chi connectivity index (χ0) is 20.3. The van der Waals surface area contributed by atoms with E-state index in [0.717, 1.165) is 16.2 Å². The van der Waals surface area contributed by atoms with Crippen LogP contribution in [0.25, 0.3) is 5.57 Å². The molecule has 2 aromatic rings. The summed E-state index contributed by atoms with van der Waals surface area (Å²) in [7, 11) is 1.59. The highest BCUT2D eigenvalue weighted by Gasteiger charge is 2.37. The first kappa shape index (κ1) is 19.6.